The number of hydrogen-bond acceptors (Lipinski definition) is 4. The highest BCUT2D eigenvalue weighted by Gasteiger charge is 2.46. The fourth-order valence-electron chi connectivity index (χ4n) is 3.47. The molecule has 2 N–H and O–H groups in total. The third kappa shape index (κ3) is 3.48. The summed E-state index contributed by atoms with van der Waals surface area (Å²) in [4.78, 5) is 12.0. The van der Waals surface area contributed by atoms with E-state index in [2.05, 4.69) is 0 Å². The van der Waals surface area contributed by atoms with E-state index in [1.165, 1.54) is 25.7 Å². The summed E-state index contributed by atoms with van der Waals surface area (Å²) in [6.45, 7) is 2.96. The number of carbonyl (C=O) groups is 1. The highest BCUT2D eigenvalue weighted by atomic mass is 16.5. The number of hydrogen-bond donors (Lipinski definition) is 1. The van der Waals surface area contributed by atoms with Crippen molar-refractivity contribution in [2.75, 3.05) is 13.2 Å². The molecule has 0 saturated heterocycles. The summed E-state index contributed by atoms with van der Waals surface area (Å²) in [5.41, 5.74) is 5.53. The van der Waals surface area contributed by atoms with Crippen LogP contribution < -0.4 is 5.73 Å². The second kappa shape index (κ2) is 6.71. The summed E-state index contributed by atoms with van der Waals surface area (Å²) in [7, 11) is 0. The molecule has 0 aliphatic heterocycles. The van der Waals surface area contributed by atoms with Crippen molar-refractivity contribution in [3.8, 4) is 0 Å². The molecule has 0 aromatic carbocycles. The first-order chi connectivity index (χ1) is 9.16. The van der Waals surface area contributed by atoms with Crippen LogP contribution in [0.25, 0.3) is 0 Å². The molecule has 2 saturated carbocycles. The molecule has 0 bridgehead atoms. The van der Waals surface area contributed by atoms with Gasteiger partial charge in [-0.25, -0.2) is 0 Å². The van der Waals surface area contributed by atoms with E-state index < -0.39 is 5.54 Å². The molecule has 2 aliphatic rings. The Morgan fingerprint density at radius 2 is 2.00 bits per heavy atom. The predicted molar refractivity (Wildman–Crippen MR) is 73.7 cm³/mol. The molecule has 2 unspecified atom stereocenters. The van der Waals surface area contributed by atoms with Gasteiger partial charge in [0.25, 0.3) is 0 Å². The third-order valence-electron chi connectivity index (χ3n) is 4.65. The molecule has 4 heteroatoms. The van der Waals surface area contributed by atoms with Crippen LogP contribution in [0.15, 0.2) is 0 Å². The normalized spacial score (nSPS) is 31.8. The Balaban J connectivity index is 1.79. The number of carbonyl (C=O) groups excluding carboxylic acids is 1. The predicted octanol–water partition coefficient (Wildman–Crippen LogP) is 2.40. The van der Waals surface area contributed by atoms with Crippen molar-refractivity contribution in [2.24, 2.45) is 11.7 Å². The van der Waals surface area contributed by atoms with Gasteiger partial charge in [0.1, 0.15) is 5.54 Å². The summed E-state index contributed by atoms with van der Waals surface area (Å²) in [5.74, 6) is -0.00804. The van der Waals surface area contributed by atoms with Gasteiger partial charge in [0.2, 0.25) is 0 Å². The number of ether oxygens (including phenoxy) is 2. The zero-order chi connectivity index (χ0) is 13.7. The van der Waals surface area contributed by atoms with Crippen LogP contribution in [0.4, 0.5) is 0 Å². The van der Waals surface area contributed by atoms with Crippen LogP contribution in [-0.4, -0.2) is 30.8 Å². The van der Waals surface area contributed by atoms with Gasteiger partial charge in [-0.1, -0.05) is 19.3 Å². The Bertz CT molecular complexity index is 302. The smallest absolute Gasteiger partial charge is 0.326 e. The molecule has 2 aliphatic carbocycles. The summed E-state index contributed by atoms with van der Waals surface area (Å²) in [5, 5.41) is 0. The van der Waals surface area contributed by atoms with E-state index >= 15 is 0 Å². The molecule has 0 spiro atoms. The minimum atomic E-state index is -0.769. The van der Waals surface area contributed by atoms with Crippen LogP contribution in [-0.2, 0) is 14.3 Å². The summed E-state index contributed by atoms with van der Waals surface area (Å²) in [6.07, 6.45) is 9.07. The van der Waals surface area contributed by atoms with E-state index in [4.69, 9.17) is 15.2 Å². The molecule has 0 heterocycles. The molecule has 0 radical (unpaired) electrons. The van der Waals surface area contributed by atoms with E-state index in [9.17, 15) is 4.79 Å². The molecular formula is C15H27NO3. The van der Waals surface area contributed by atoms with Crippen molar-refractivity contribution in [1.29, 1.82) is 0 Å². The second-order valence-electron chi connectivity index (χ2n) is 5.92. The van der Waals surface area contributed by atoms with Gasteiger partial charge in [0.15, 0.2) is 0 Å². The average Bonchev–Trinajstić information content (AvgIpc) is 3.01. The lowest BCUT2D eigenvalue weighted by Crippen LogP contribution is -2.52. The first-order valence-electron chi connectivity index (χ1n) is 7.74. The summed E-state index contributed by atoms with van der Waals surface area (Å²) >= 11 is 0. The molecule has 19 heavy (non-hydrogen) atoms. The summed E-state index contributed by atoms with van der Waals surface area (Å²) in [6, 6.07) is 0. The van der Waals surface area contributed by atoms with E-state index in [1.54, 1.807) is 0 Å². The number of esters is 1. The Kier molecular flexibility index (Phi) is 5.22. The van der Waals surface area contributed by atoms with E-state index in [-0.39, 0.29) is 11.9 Å². The van der Waals surface area contributed by atoms with Gasteiger partial charge in [0, 0.05) is 6.61 Å². The van der Waals surface area contributed by atoms with Gasteiger partial charge >= 0.3 is 5.97 Å². The minimum absolute atomic E-state index is 0.216. The second-order valence-corrected chi connectivity index (χ2v) is 5.92. The highest BCUT2D eigenvalue weighted by Crippen LogP contribution is 2.37. The van der Waals surface area contributed by atoms with Crippen LogP contribution in [0.3, 0.4) is 0 Å². The van der Waals surface area contributed by atoms with Crippen LogP contribution in [0.1, 0.15) is 58.3 Å². The van der Waals surface area contributed by atoms with Gasteiger partial charge in [-0.2, -0.15) is 0 Å². The Morgan fingerprint density at radius 3 is 2.68 bits per heavy atom. The fraction of sp³-hybridized carbons (Fsp3) is 0.933. The molecule has 0 aromatic heterocycles. The van der Waals surface area contributed by atoms with Crippen molar-refractivity contribution in [2.45, 2.75) is 69.9 Å². The van der Waals surface area contributed by atoms with E-state index in [0.717, 1.165) is 32.3 Å². The molecule has 110 valence electrons. The van der Waals surface area contributed by atoms with Crippen molar-refractivity contribution >= 4 is 5.97 Å². The zero-order valence-corrected chi connectivity index (χ0v) is 12.0. The van der Waals surface area contributed by atoms with Gasteiger partial charge in [-0.3, -0.25) is 4.79 Å². The van der Waals surface area contributed by atoms with E-state index in [1.807, 2.05) is 6.92 Å². The van der Waals surface area contributed by atoms with Gasteiger partial charge in [-0.05, 0) is 44.9 Å². The van der Waals surface area contributed by atoms with Gasteiger partial charge in [0.05, 0.1) is 12.7 Å². The molecule has 2 atom stereocenters. The molecule has 2 rings (SSSR count). The summed E-state index contributed by atoms with van der Waals surface area (Å²) < 4.78 is 11.0. The van der Waals surface area contributed by atoms with Gasteiger partial charge in [-0.15, -0.1) is 0 Å². The lowest BCUT2D eigenvalue weighted by molar-refractivity contribution is -0.151. The maximum absolute atomic E-state index is 12.0. The lowest BCUT2D eigenvalue weighted by Gasteiger charge is -2.29. The SMILES string of the molecule is CCOC(=O)C1(N)CCCC1CCOC1CCCC1. The maximum atomic E-state index is 12.0. The van der Waals surface area contributed by atoms with Crippen LogP contribution >= 0.6 is 0 Å². The zero-order valence-electron chi connectivity index (χ0n) is 12.0. The average molecular weight is 269 g/mol. The highest BCUT2D eigenvalue weighted by molar-refractivity contribution is 5.81. The standard InChI is InChI=1S/C15H27NO3/c1-2-18-14(17)15(16)10-5-6-12(15)9-11-19-13-7-3-4-8-13/h12-13H,2-11,16H2,1H3. The Labute approximate surface area is 116 Å². The molecule has 0 amide bonds. The first-order valence-corrected chi connectivity index (χ1v) is 7.74. The maximum Gasteiger partial charge on any atom is 0.326 e. The van der Waals surface area contributed by atoms with E-state index in [0.29, 0.717) is 12.7 Å². The monoisotopic (exact) mass is 269 g/mol. The fourth-order valence-corrected chi connectivity index (χ4v) is 3.47. The topological polar surface area (TPSA) is 61.5 Å². The Morgan fingerprint density at radius 1 is 1.26 bits per heavy atom. The van der Waals surface area contributed by atoms with Crippen LogP contribution in [0.5, 0.6) is 0 Å². The quantitative estimate of drug-likeness (QED) is 0.752. The van der Waals surface area contributed by atoms with Gasteiger partial charge < -0.3 is 15.2 Å². The molecular weight excluding hydrogens is 242 g/mol. The molecule has 2 fully saturated rings. The minimum Gasteiger partial charge on any atom is -0.465 e. The third-order valence-corrected chi connectivity index (χ3v) is 4.65. The first kappa shape index (κ1) is 14.8. The van der Waals surface area contributed by atoms with Crippen LogP contribution in [0.2, 0.25) is 0 Å². The van der Waals surface area contributed by atoms with Crippen molar-refractivity contribution < 1.29 is 14.3 Å². The number of rotatable bonds is 6. The van der Waals surface area contributed by atoms with Crippen molar-refractivity contribution in [3.05, 3.63) is 0 Å². The Hall–Kier alpha value is -0.610. The van der Waals surface area contributed by atoms with Crippen molar-refractivity contribution in [1.82, 2.24) is 0 Å². The number of nitrogens with two attached hydrogens (primary N) is 1. The molecule has 0 aromatic rings. The van der Waals surface area contributed by atoms with Crippen LogP contribution in [0, 0.1) is 5.92 Å². The van der Waals surface area contributed by atoms with Crippen molar-refractivity contribution in [3.63, 3.8) is 0 Å². The largest absolute Gasteiger partial charge is 0.465 e. The lowest BCUT2D eigenvalue weighted by atomic mass is 9.86. The molecule has 4 nitrogen and oxygen atoms in total.